The molecule has 0 aliphatic carbocycles. The lowest BCUT2D eigenvalue weighted by atomic mass is 10.1. The molecule has 0 saturated carbocycles. The lowest BCUT2D eigenvalue weighted by Gasteiger charge is -2.14. The number of nitro groups is 1. The molecule has 2 aromatic carbocycles. The topological polar surface area (TPSA) is 89.3 Å². The summed E-state index contributed by atoms with van der Waals surface area (Å²) >= 11 is 0. The number of rotatable bonds is 4. The van der Waals surface area contributed by atoms with Gasteiger partial charge in [-0.1, -0.05) is 18.2 Å². The summed E-state index contributed by atoms with van der Waals surface area (Å²) in [6, 6.07) is 8.57. The van der Waals surface area contributed by atoms with E-state index in [0.29, 0.717) is 6.07 Å². The van der Waals surface area contributed by atoms with E-state index in [9.17, 15) is 31.7 Å². The van der Waals surface area contributed by atoms with Crippen molar-refractivity contribution in [2.24, 2.45) is 0 Å². The highest BCUT2D eigenvalue weighted by Gasteiger charge is 2.36. The number of anilines is 1. The van der Waals surface area contributed by atoms with Gasteiger partial charge in [-0.05, 0) is 18.2 Å². The van der Waals surface area contributed by atoms with Crippen LogP contribution in [0.1, 0.15) is 5.56 Å². The van der Waals surface area contributed by atoms with Gasteiger partial charge in [-0.3, -0.25) is 14.8 Å². The molecule has 0 amide bonds. The minimum Gasteiger partial charge on any atom is -0.279 e. The molecule has 0 radical (unpaired) electrons. The first-order valence-corrected chi connectivity index (χ1v) is 7.53. The third-order valence-corrected chi connectivity index (χ3v) is 4.20. The third-order valence-electron chi connectivity index (χ3n) is 2.82. The Morgan fingerprint density at radius 3 is 2.17 bits per heavy atom. The number of sulfonamides is 1. The Hall–Kier alpha value is -2.62. The molecule has 23 heavy (non-hydrogen) atoms. The van der Waals surface area contributed by atoms with Crippen molar-refractivity contribution < 1.29 is 26.5 Å². The maximum atomic E-state index is 13.0. The Morgan fingerprint density at radius 1 is 1.04 bits per heavy atom. The zero-order chi connectivity index (χ0) is 17.3. The fourth-order valence-electron chi connectivity index (χ4n) is 1.77. The molecule has 1 N–H and O–H groups in total. The van der Waals surface area contributed by atoms with Crippen LogP contribution in [-0.2, 0) is 16.2 Å². The maximum Gasteiger partial charge on any atom is 0.418 e. The minimum absolute atomic E-state index is 0.230. The van der Waals surface area contributed by atoms with Gasteiger partial charge in [-0.25, -0.2) is 8.42 Å². The van der Waals surface area contributed by atoms with Gasteiger partial charge < -0.3 is 0 Å². The van der Waals surface area contributed by atoms with Crippen LogP contribution in [0.5, 0.6) is 0 Å². The molecule has 0 aromatic heterocycles. The first-order chi connectivity index (χ1) is 10.6. The van der Waals surface area contributed by atoms with Gasteiger partial charge in [0.15, 0.2) is 0 Å². The Morgan fingerprint density at radius 2 is 1.65 bits per heavy atom. The number of alkyl halides is 3. The zero-order valence-electron chi connectivity index (χ0n) is 11.2. The van der Waals surface area contributed by atoms with Gasteiger partial charge in [0.2, 0.25) is 0 Å². The van der Waals surface area contributed by atoms with Crippen molar-refractivity contribution in [1.82, 2.24) is 0 Å². The van der Waals surface area contributed by atoms with Gasteiger partial charge in [0.05, 0.1) is 21.1 Å². The zero-order valence-corrected chi connectivity index (χ0v) is 12.1. The normalized spacial score (nSPS) is 12.0. The molecule has 0 saturated heterocycles. The van der Waals surface area contributed by atoms with E-state index in [-0.39, 0.29) is 11.0 Å². The van der Waals surface area contributed by atoms with Crippen molar-refractivity contribution >= 4 is 21.4 Å². The van der Waals surface area contributed by atoms with Gasteiger partial charge in [0.25, 0.3) is 15.7 Å². The average Bonchev–Trinajstić information content (AvgIpc) is 2.47. The van der Waals surface area contributed by atoms with Crippen LogP contribution in [0, 0.1) is 10.1 Å². The smallest absolute Gasteiger partial charge is 0.279 e. The summed E-state index contributed by atoms with van der Waals surface area (Å²) in [5, 5.41) is 10.6. The van der Waals surface area contributed by atoms with E-state index < -0.39 is 38.1 Å². The summed E-state index contributed by atoms with van der Waals surface area (Å²) in [6.45, 7) is 0. The highest BCUT2D eigenvalue weighted by Crippen LogP contribution is 2.37. The van der Waals surface area contributed by atoms with Crippen molar-refractivity contribution in [3.8, 4) is 0 Å². The predicted octanol–water partition coefficient (Wildman–Crippen LogP) is 3.41. The second kappa shape index (κ2) is 5.88. The minimum atomic E-state index is -4.96. The van der Waals surface area contributed by atoms with Gasteiger partial charge in [0, 0.05) is 12.1 Å². The number of nitrogens with one attached hydrogen (secondary N) is 1. The van der Waals surface area contributed by atoms with E-state index in [1.54, 1.807) is 10.8 Å². The summed E-state index contributed by atoms with van der Waals surface area (Å²) in [5.74, 6) is 0. The van der Waals surface area contributed by atoms with E-state index in [1.807, 2.05) is 0 Å². The van der Waals surface area contributed by atoms with E-state index >= 15 is 0 Å². The van der Waals surface area contributed by atoms with Crippen LogP contribution in [0.4, 0.5) is 24.5 Å². The molecule has 0 bridgehead atoms. The van der Waals surface area contributed by atoms with Crippen molar-refractivity contribution in [3.63, 3.8) is 0 Å². The van der Waals surface area contributed by atoms with Gasteiger partial charge in [-0.2, -0.15) is 13.2 Å². The van der Waals surface area contributed by atoms with Gasteiger partial charge in [-0.15, -0.1) is 0 Å². The van der Waals surface area contributed by atoms with Gasteiger partial charge >= 0.3 is 6.18 Å². The number of nitro benzene ring substituents is 1. The SMILES string of the molecule is O=[N+]([O-])c1ccc(NS(=O)(=O)c2ccccc2)c(C(F)(F)F)c1. The van der Waals surface area contributed by atoms with Crippen molar-refractivity contribution in [1.29, 1.82) is 0 Å². The third kappa shape index (κ3) is 3.77. The van der Waals surface area contributed by atoms with Crippen LogP contribution in [0.2, 0.25) is 0 Å². The molecule has 0 atom stereocenters. The Balaban J connectivity index is 2.50. The van der Waals surface area contributed by atoms with Crippen molar-refractivity contribution in [2.75, 3.05) is 4.72 Å². The average molecular weight is 346 g/mol. The van der Waals surface area contributed by atoms with Crippen LogP contribution in [-0.4, -0.2) is 13.3 Å². The van der Waals surface area contributed by atoms with Crippen LogP contribution < -0.4 is 4.72 Å². The maximum absolute atomic E-state index is 13.0. The molecule has 0 fully saturated rings. The highest BCUT2D eigenvalue weighted by molar-refractivity contribution is 7.92. The molecule has 6 nitrogen and oxygen atoms in total. The second-order valence-electron chi connectivity index (χ2n) is 4.40. The summed E-state index contributed by atoms with van der Waals surface area (Å²) in [4.78, 5) is 9.37. The molecule has 0 aliphatic rings. The summed E-state index contributed by atoms with van der Waals surface area (Å²) in [6.07, 6.45) is -4.96. The van der Waals surface area contributed by atoms with Crippen LogP contribution in [0.25, 0.3) is 0 Å². The Bertz CT molecular complexity index is 836. The Labute approximate surface area is 128 Å². The van der Waals surface area contributed by atoms with Gasteiger partial charge in [0.1, 0.15) is 0 Å². The molecule has 2 aromatic rings. The molecule has 0 unspecified atom stereocenters. The number of benzene rings is 2. The summed E-state index contributed by atoms with van der Waals surface area (Å²) in [5.41, 5.74) is -3.02. The second-order valence-corrected chi connectivity index (χ2v) is 6.09. The lowest BCUT2D eigenvalue weighted by molar-refractivity contribution is -0.385. The first kappa shape index (κ1) is 16.7. The van der Waals surface area contributed by atoms with E-state index in [4.69, 9.17) is 0 Å². The van der Waals surface area contributed by atoms with E-state index in [1.165, 1.54) is 24.3 Å². The van der Waals surface area contributed by atoms with E-state index in [2.05, 4.69) is 0 Å². The number of non-ortho nitro benzene ring substituents is 1. The molecular formula is C13H9F3N2O4S. The molecule has 2 rings (SSSR count). The van der Waals surface area contributed by atoms with Crippen LogP contribution in [0.15, 0.2) is 53.4 Å². The van der Waals surface area contributed by atoms with Crippen molar-refractivity contribution in [3.05, 3.63) is 64.2 Å². The first-order valence-electron chi connectivity index (χ1n) is 6.05. The summed E-state index contributed by atoms with van der Waals surface area (Å²) in [7, 11) is -4.25. The molecule has 0 spiro atoms. The fourth-order valence-corrected chi connectivity index (χ4v) is 2.87. The molecular weight excluding hydrogens is 337 g/mol. The number of hydrogen-bond acceptors (Lipinski definition) is 4. The largest absolute Gasteiger partial charge is 0.418 e. The molecule has 10 heteroatoms. The number of nitrogens with zero attached hydrogens (tertiary/aromatic N) is 1. The Kier molecular flexibility index (Phi) is 4.28. The summed E-state index contributed by atoms with van der Waals surface area (Å²) < 4.78 is 65.0. The van der Waals surface area contributed by atoms with Crippen LogP contribution in [0.3, 0.4) is 0 Å². The monoisotopic (exact) mass is 346 g/mol. The predicted molar refractivity (Wildman–Crippen MR) is 75.3 cm³/mol. The molecule has 0 aliphatic heterocycles. The quantitative estimate of drug-likeness (QED) is 0.678. The van der Waals surface area contributed by atoms with Crippen molar-refractivity contribution in [2.45, 2.75) is 11.1 Å². The standard InChI is InChI=1S/C13H9F3N2O4S/c14-13(15,16)11-8-9(18(19)20)6-7-12(11)17-23(21,22)10-4-2-1-3-5-10/h1-8,17H. The highest BCUT2D eigenvalue weighted by atomic mass is 32.2. The lowest BCUT2D eigenvalue weighted by Crippen LogP contribution is -2.17. The van der Waals surface area contributed by atoms with Crippen LogP contribution >= 0.6 is 0 Å². The number of halogens is 3. The number of hydrogen-bond donors (Lipinski definition) is 1. The molecule has 122 valence electrons. The van der Waals surface area contributed by atoms with E-state index in [0.717, 1.165) is 6.07 Å². The molecule has 0 heterocycles. The fraction of sp³-hybridized carbons (Fsp3) is 0.0769.